The van der Waals surface area contributed by atoms with Crippen LogP contribution >= 0.6 is 34.5 Å². The molecule has 1 aliphatic rings. The largest absolute Gasteiger partial charge is 0.397 e. The zero-order valence-corrected chi connectivity index (χ0v) is 17.1. The van der Waals surface area contributed by atoms with E-state index in [9.17, 15) is 4.79 Å². The average molecular weight is 420 g/mol. The van der Waals surface area contributed by atoms with Gasteiger partial charge in [-0.25, -0.2) is 4.98 Å². The van der Waals surface area contributed by atoms with Gasteiger partial charge in [-0.3, -0.25) is 4.79 Å². The van der Waals surface area contributed by atoms with Crippen LogP contribution in [0.1, 0.15) is 40.7 Å². The number of thiophene rings is 1. The van der Waals surface area contributed by atoms with E-state index in [0.717, 1.165) is 28.8 Å². The highest BCUT2D eigenvalue weighted by molar-refractivity contribution is 7.21. The maximum atomic E-state index is 12.8. The van der Waals surface area contributed by atoms with Crippen LogP contribution in [0.25, 0.3) is 10.2 Å². The minimum absolute atomic E-state index is 0.302. The second-order valence-corrected chi connectivity index (χ2v) is 8.73. The summed E-state index contributed by atoms with van der Waals surface area (Å²) < 4.78 is 0. The lowest BCUT2D eigenvalue weighted by atomic mass is 9.85. The van der Waals surface area contributed by atoms with E-state index in [2.05, 4.69) is 18.3 Å². The SMILES string of the molecule is CC[C@@H]1CCc2nc3sc(C(=O)Nc4cc(Cl)ccc4Cl)c(N)c3cc2C1. The van der Waals surface area contributed by atoms with Crippen LogP contribution < -0.4 is 11.1 Å². The Morgan fingerprint density at radius 3 is 2.96 bits per heavy atom. The van der Waals surface area contributed by atoms with Crippen LogP contribution in [0.4, 0.5) is 11.4 Å². The summed E-state index contributed by atoms with van der Waals surface area (Å²) in [5.41, 5.74) is 9.64. The van der Waals surface area contributed by atoms with Crippen LogP contribution in [-0.2, 0) is 12.8 Å². The van der Waals surface area contributed by atoms with Crippen LogP contribution in [0, 0.1) is 5.92 Å². The topological polar surface area (TPSA) is 68.0 Å². The molecule has 3 aromatic rings. The first kappa shape index (κ1) is 18.5. The lowest BCUT2D eigenvalue weighted by molar-refractivity contribution is 0.103. The number of carbonyl (C=O) groups excluding carboxylic acids is 1. The molecule has 1 amide bonds. The van der Waals surface area contributed by atoms with Crippen LogP contribution in [0.3, 0.4) is 0 Å². The summed E-state index contributed by atoms with van der Waals surface area (Å²) in [5.74, 6) is 0.397. The van der Waals surface area contributed by atoms with Crippen molar-refractivity contribution in [1.82, 2.24) is 4.98 Å². The maximum absolute atomic E-state index is 12.8. The molecule has 0 radical (unpaired) electrons. The van der Waals surface area contributed by atoms with Crippen LogP contribution in [0.5, 0.6) is 0 Å². The van der Waals surface area contributed by atoms with Crippen molar-refractivity contribution in [3.63, 3.8) is 0 Å². The highest BCUT2D eigenvalue weighted by Crippen LogP contribution is 2.37. The molecular formula is C20H19Cl2N3OS. The molecular weight excluding hydrogens is 401 g/mol. The smallest absolute Gasteiger partial charge is 0.267 e. The molecule has 0 saturated heterocycles. The summed E-state index contributed by atoms with van der Waals surface area (Å²) in [6.45, 7) is 2.23. The molecule has 1 atom stereocenters. The number of nitrogens with one attached hydrogen (secondary N) is 1. The molecule has 1 aromatic carbocycles. The molecule has 0 saturated carbocycles. The van der Waals surface area contributed by atoms with E-state index in [1.807, 2.05) is 0 Å². The fourth-order valence-electron chi connectivity index (χ4n) is 3.56. The lowest BCUT2D eigenvalue weighted by Crippen LogP contribution is -2.14. The molecule has 0 bridgehead atoms. The Balaban J connectivity index is 1.69. The van der Waals surface area contributed by atoms with E-state index in [1.54, 1.807) is 18.2 Å². The number of pyridine rings is 1. The summed E-state index contributed by atoms with van der Waals surface area (Å²) in [6.07, 6.45) is 4.36. The van der Waals surface area contributed by atoms with Gasteiger partial charge >= 0.3 is 0 Å². The predicted octanol–water partition coefficient (Wildman–Crippen LogP) is 5.95. The fourth-order valence-corrected chi connectivity index (χ4v) is 4.88. The van der Waals surface area contributed by atoms with Gasteiger partial charge in [0, 0.05) is 16.1 Å². The van der Waals surface area contributed by atoms with Crippen LogP contribution in [-0.4, -0.2) is 10.9 Å². The Morgan fingerprint density at radius 1 is 1.37 bits per heavy atom. The molecule has 0 spiro atoms. The molecule has 0 unspecified atom stereocenters. The summed E-state index contributed by atoms with van der Waals surface area (Å²) in [7, 11) is 0. The van der Waals surface area contributed by atoms with Crippen molar-refractivity contribution >= 4 is 62.0 Å². The molecule has 2 heterocycles. The van der Waals surface area contributed by atoms with Gasteiger partial charge in [-0.05, 0) is 55.0 Å². The van der Waals surface area contributed by atoms with Crippen molar-refractivity contribution in [2.45, 2.75) is 32.6 Å². The zero-order chi connectivity index (χ0) is 19.1. The number of rotatable bonds is 3. The molecule has 0 aliphatic heterocycles. The quantitative estimate of drug-likeness (QED) is 0.550. The van der Waals surface area contributed by atoms with Gasteiger partial charge in [0.2, 0.25) is 0 Å². The number of halogens is 2. The first-order valence-corrected chi connectivity index (χ1v) is 10.5. The number of benzene rings is 1. The number of nitrogens with two attached hydrogens (primary N) is 1. The van der Waals surface area contributed by atoms with Crippen LogP contribution in [0.15, 0.2) is 24.3 Å². The third kappa shape index (κ3) is 3.51. The number of nitrogens with zero attached hydrogens (tertiary/aromatic N) is 1. The monoisotopic (exact) mass is 419 g/mol. The minimum atomic E-state index is -0.302. The Bertz CT molecular complexity index is 1050. The van der Waals surface area contributed by atoms with Gasteiger partial charge in [-0.2, -0.15) is 0 Å². The molecule has 0 fully saturated rings. The zero-order valence-electron chi connectivity index (χ0n) is 14.8. The number of carbonyl (C=O) groups is 1. The van der Waals surface area contributed by atoms with Crippen molar-refractivity contribution < 1.29 is 4.79 Å². The van der Waals surface area contributed by atoms with Crippen molar-refractivity contribution in [3.8, 4) is 0 Å². The number of hydrogen-bond acceptors (Lipinski definition) is 4. The predicted molar refractivity (Wildman–Crippen MR) is 114 cm³/mol. The molecule has 3 N–H and O–H groups in total. The number of nitrogen functional groups attached to an aromatic ring is 1. The van der Waals surface area contributed by atoms with Gasteiger partial charge in [0.15, 0.2) is 0 Å². The summed E-state index contributed by atoms with van der Waals surface area (Å²) in [6, 6.07) is 7.06. The number of aromatic nitrogens is 1. The highest BCUT2D eigenvalue weighted by Gasteiger charge is 2.23. The van der Waals surface area contributed by atoms with Gasteiger partial charge in [0.1, 0.15) is 9.71 Å². The van der Waals surface area contributed by atoms with Crippen molar-refractivity contribution in [2.24, 2.45) is 5.92 Å². The van der Waals surface area contributed by atoms with Gasteiger partial charge in [-0.15, -0.1) is 11.3 Å². The van der Waals surface area contributed by atoms with Gasteiger partial charge in [-0.1, -0.05) is 36.5 Å². The third-order valence-corrected chi connectivity index (χ3v) is 6.83. The lowest BCUT2D eigenvalue weighted by Gasteiger charge is -2.22. The number of amides is 1. The molecule has 7 heteroatoms. The number of anilines is 2. The van der Waals surface area contributed by atoms with E-state index in [0.29, 0.717) is 32.2 Å². The number of aryl methyl sites for hydroxylation is 1. The van der Waals surface area contributed by atoms with Gasteiger partial charge in [0.05, 0.1) is 16.4 Å². The van der Waals surface area contributed by atoms with E-state index in [4.69, 9.17) is 33.9 Å². The van der Waals surface area contributed by atoms with E-state index < -0.39 is 0 Å². The normalized spacial score (nSPS) is 16.3. The van der Waals surface area contributed by atoms with Crippen molar-refractivity contribution in [1.29, 1.82) is 0 Å². The second kappa shape index (κ2) is 7.30. The Labute approximate surface area is 171 Å². The number of fused-ring (bicyclic) bond motifs is 2. The van der Waals surface area contributed by atoms with Crippen molar-refractivity contribution in [2.75, 3.05) is 11.1 Å². The summed E-state index contributed by atoms with van der Waals surface area (Å²) in [5, 5.41) is 4.58. The Morgan fingerprint density at radius 2 is 2.19 bits per heavy atom. The summed E-state index contributed by atoms with van der Waals surface area (Å²) in [4.78, 5) is 18.8. The molecule has 27 heavy (non-hydrogen) atoms. The van der Waals surface area contributed by atoms with Crippen LogP contribution in [0.2, 0.25) is 10.0 Å². The minimum Gasteiger partial charge on any atom is -0.397 e. The standard InChI is InChI=1S/C20H19Cl2N3OS/c1-2-10-3-6-15-11(7-10)8-13-17(23)18(27-20(13)25-15)19(26)24-16-9-12(21)4-5-14(16)22/h4-5,8-10H,2-3,6-7,23H2,1H3,(H,24,26)/t10-/m1/s1. The van der Waals surface area contributed by atoms with E-state index in [1.165, 1.54) is 29.7 Å². The second-order valence-electron chi connectivity index (χ2n) is 6.89. The maximum Gasteiger partial charge on any atom is 0.267 e. The van der Waals surface area contributed by atoms with Gasteiger partial charge < -0.3 is 11.1 Å². The van der Waals surface area contributed by atoms with E-state index >= 15 is 0 Å². The fraction of sp³-hybridized carbons (Fsp3) is 0.300. The average Bonchev–Trinajstić information content (AvgIpc) is 2.98. The molecule has 2 aromatic heterocycles. The molecule has 1 aliphatic carbocycles. The first-order valence-electron chi connectivity index (χ1n) is 8.93. The Hall–Kier alpha value is -1.82. The highest BCUT2D eigenvalue weighted by atomic mass is 35.5. The molecule has 4 rings (SSSR count). The third-order valence-electron chi connectivity index (χ3n) is 5.15. The van der Waals surface area contributed by atoms with Crippen molar-refractivity contribution in [3.05, 3.63) is 50.4 Å². The Kier molecular flexibility index (Phi) is 5.01. The molecule has 140 valence electrons. The first-order chi connectivity index (χ1) is 13.0. The number of hydrogen-bond donors (Lipinski definition) is 2. The van der Waals surface area contributed by atoms with E-state index in [-0.39, 0.29) is 5.91 Å². The summed E-state index contributed by atoms with van der Waals surface area (Å²) >= 11 is 13.5. The van der Waals surface area contributed by atoms with Gasteiger partial charge in [0.25, 0.3) is 5.91 Å². The molecule has 4 nitrogen and oxygen atoms in total.